The first-order valence-electron chi connectivity index (χ1n) is 9.58. The van der Waals surface area contributed by atoms with Gasteiger partial charge in [0.15, 0.2) is 11.5 Å². The van der Waals surface area contributed by atoms with Gasteiger partial charge in [0, 0.05) is 0 Å². The number of carbonyl (C=O) groups excluding carboxylic acids is 3. The molecule has 1 fully saturated rings. The summed E-state index contributed by atoms with van der Waals surface area (Å²) in [6, 6.07) is 8.60. The van der Waals surface area contributed by atoms with Crippen LogP contribution in [0, 0.1) is 0 Å². The van der Waals surface area contributed by atoms with Crippen molar-refractivity contribution in [2.45, 2.75) is 13.5 Å². The van der Waals surface area contributed by atoms with E-state index in [4.69, 9.17) is 37.4 Å². The zero-order valence-corrected chi connectivity index (χ0v) is 21.4. The monoisotopic (exact) mass is 573 g/mol. The molecule has 2 amide bonds. The van der Waals surface area contributed by atoms with Crippen molar-refractivity contribution in [1.29, 1.82) is 0 Å². The van der Waals surface area contributed by atoms with Gasteiger partial charge in [0.25, 0.3) is 11.1 Å². The van der Waals surface area contributed by atoms with Gasteiger partial charge in [0.1, 0.15) is 13.2 Å². The highest BCUT2D eigenvalue weighted by atomic mass is 79.9. The van der Waals surface area contributed by atoms with Crippen molar-refractivity contribution in [3.8, 4) is 11.5 Å². The molecule has 0 aromatic heterocycles. The van der Waals surface area contributed by atoms with Crippen LogP contribution in [0.4, 0.5) is 4.79 Å². The first-order valence-corrected chi connectivity index (χ1v) is 11.9. The molecule has 7 nitrogen and oxygen atoms in total. The highest BCUT2D eigenvalue weighted by Gasteiger charge is 2.36. The van der Waals surface area contributed by atoms with Crippen LogP contribution in [0.1, 0.15) is 18.1 Å². The molecule has 2 aromatic rings. The Hall–Kier alpha value is -2.20. The zero-order chi connectivity index (χ0) is 24.1. The third kappa shape index (κ3) is 6.23. The van der Waals surface area contributed by atoms with Crippen molar-refractivity contribution in [1.82, 2.24) is 4.90 Å². The lowest BCUT2D eigenvalue weighted by Gasteiger charge is -2.14. The molecule has 33 heavy (non-hydrogen) atoms. The predicted molar refractivity (Wildman–Crippen MR) is 131 cm³/mol. The van der Waals surface area contributed by atoms with Crippen molar-refractivity contribution >= 4 is 74.1 Å². The SMILES string of the molecule is CCOC(=O)CN1C(=O)SC(=Cc2cc(Br)c(OCc3ccc(Cl)c(Cl)c3)c(OC)c2)C1=O. The average molecular weight is 575 g/mol. The Bertz CT molecular complexity index is 1140. The van der Waals surface area contributed by atoms with Crippen LogP contribution in [-0.2, 0) is 20.9 Å². The van der Waals surface area contributed by atoms with Gasteiger partial charge in [-0.1, -0.05) is 29.3 Å². The fraction of sp³-hybridized carbons (Fsp3) is 0.227. The van der Waals surface area contributed by atoms with Crippen LogP contribution in [0.3, 0.4) is 0 Å². The normalized spacial score (nSPS) is 14.7. The van der Waals surface area contributed by atoms with E-state index in [0.29, 0.717) is 31.6 Å². The van der Waals surface area contributed by atoms with Crippen LogP contribution < -0.4 is 9.47 Å². The third-order valence-electron chi connectivity index (χ3n) is 4.38. The Morgan fingerprint density at radius 1 is 1.18 bits per heavy atom. The first-order chi connectivity index (χ1) is 15.7. The largest absolute Gasteiger partial charge is 0.493 e. The summed E-state index contributed by atoms with van der Waals surface area (Å²) in [6.45, 7) is 1.61. The Balaban J connectivity index is 1.79. The fourth-order valence-corrected chi connectivity index (χ4v) is 4.60. The van der Waals surface area contributed by atoms with Crippen LogP contribution in [0.5, 0.6) is 11.5 Å². The lowest BCUT2D eigenvalue weighted by molar-refractivity contribution is -0.145. The summed E-state index contributed by atoms with van der Waals surface area (Å²) in [5.74, 6) is -0.334. The number of hydrogen-bond acceptors (Lipinski definition) is 7. The number of nitrogens with zero attached hydrogens (tertiary/aromatic N) is 1. The minimum atomic E-state index is -0.644. The third-order valence-corrected chi connectivity index (χ3v) is 6.62. The van der Waals surface area contributed by atoms with Gasteiger partial charge in [-0.3, -0.25) is 19.3 Å². The van der Waals surface area contributed by atoms with Crippen molar-refractivity contribution in [2.24, 2.45) is 0 Å². The number of benzene rings is 2. The van der Waals surface area contributed by atoms with Crippen LogP contribution >= 0.6 is 50.9 Å². The number of hydrogen-bond donors (Lipinski definition) is 0. The van der Waals surface area contributed by atoms with Gasteiger partial charge in [-0.25, -0.2) is 0 Å². The van der Waals surface area contributed by atoms with Crippen molar-refractivity contribution in [3.05, 3.63) is 60.9 Å². The minimum Gasteiger partial charge on any atom is -0.493 e. The second-order valence-electron chi connectivity index (χ2n) is 6.64. The molecular formula is C22H18BrCl2NO6S. The molecule has 0 atom stereocenters. The molecule has 0 unspecified atom stereocenters. The molecule has 11 heteroatoms. The number of carbonyl (C=O) groups is 3. The van der Waals surface area contributed by atoms with Gasteiger partial charge in [-0.15, -0.1) is 0 Å². The first kappa shape index (κ1) is 25.4. The van der Waals surface area contributed by atoms with E-state index in [-0.39, 0.29) is 18.1 Å². The molecule has 0 spiro atoms. The van der Waals surface area contributed by atoms with E-state index in [1.807, 2.05) is 0 Å². The van der Waals surface area contributed by atoms with Gasteiger partial charge < -0.3 is 14.2 Å². The van der Waals surface area contributed by atoms with E-state index >= 15 is 0 Å². The highest BCUT2D eigenvalue weighted by Crippen LogP contribution is 2.39. The molecule has 0 N–H and O–H groups in total. The number of amides is 2. The van der Waals surface area contributed by atoms with Gasteiger partial charge >= 0.3 is 5.97 Å². The van der Waals surface area contributed by atoms with Gasteiger partial charge in [0.05, 0.1) is 33.1 Å². The molecule has 174 valence electrons. The summed E-state index contributed by atoms with van der Waals surface area (Å²) in [5.41, 5.74) is 1.42. The Labute approximate surface area is 213 Å². The van der Waals surface area contributed by atoms with E-state index < -0.39 is 23.7 Å². The van der Waals surface area contributed by atoms with E-state index in [9.17, 15) is 14.4 Å². The van der Waals surface area contributed by atoms with Crippen LogP contribution in [0.15, 0.2) is 39.7 Å². The van der Waals surface area contributed by atoms with Gasteiger partial charge in [-0.2, -0.15) is 0 Å². The summed E-state index contributed by atoms with van der Waals surface area (Å²) in [6.07, 6.45) is 1.55. The Morgan fingerprint density at radius 3 is 2.61 bits per heavy atom. The number of imide groups is 1. The molecular weight excluding hydrogens is 557 g/mol. The lowest BCUT2D eigenvalue weighted by Crippen LogP contribution is -2.34. The summed E-state index contributed by atoms with van der Waals surface area (Å²) in [5, 5.41) is 0.346. The molecule has 0 bridgehead atoms. The van der Waals surface area contributed by atoms with Gasteiger partial charge in [0.2, 0.25) is 0 Å². The second-order valence-corrected chi connectivity index (χ2v) is 9.31. The van der Waals surface area contributed by atoms with E-state index in [1.165, 1.54) is 7.11 Å². The maximum atomic E-state index is 12.6. The summed E-state index contributed by atoms with van der Waals surface area (Å²) in [7, 11) is 1.49. The van der Waals surface area contributed by atoms with E-state index in [1.54, 1.807) is 43.3 Å². The zero-order valence-electron chi connectivity index (χ0n) is 17.5. The van der Waals surface area contributed by atoms with Crippen molar-refractivity contribution in [2.75, 3.05) is 20.3 Å². The number of ether oxygens (including phenoxy) is 3. The molecule has 0 saturated carbocycles. The maximum absolute atomic E-state index is 12.6. The fourth-order valence-electron chi connectivity index (χ4n) is 2.87. The highest BCUT2D eigenvalue weighted by molar-refractivity contribution is 9.10. The maximum Gasteiger partial charge on any atom is 0.326 e. The number of halogens is 3. The van der Waals surface area contributed by atoms with Gasteiger partial charge in [-0.05, 0) is 76.1 Å². The minimum absolute atomic E-state index is 0.165. The second kappa shape index (κ2) is 11.3. The molecule has 2 aromatic carbocycles. The standard InChI is InChI=1S/C22H18BrCl2NO6S/c1-3-31-19(27)10-26-21(28)18(33-22(26)29)9-13-6-14(23)20(17(8-13)30-2)32-11-12-4-5-15(24)16(25)7-12/h4-9H,3,10-11H2,1-2H3. The molecule has 1 heterocycles. The predicted octanol–water partition coefficient (Wildman–Crippen LogP) is 5.94. The molecule has 0 aliphatic carbocycles. The van der Waals surface area contributed by atoms with Crippen LogP contribution in [-0.4, -0.2) is 42.3 Å². The number of thioether (sulfide) groups is 1. The lowest BCUT2D eigenvalue weighted by atomic mass is 10.1. The van der Waals surface area contributed by atoms with Crippen LogP contribution in [0.25, 0.3) is 6.08 Å². The van der Waals surface area contributed by atoms with Crippen molar-refractivity contribution in [3.63, 3.8) is 0 Å². The Morgan fingerprint density at radius 2 is 1.94 bits per heavy atom. The molecule has 0 radical (unpaired) electrons. The molecule has 1 saturated heterocycles. The van der Waals surface area contributed by atoms with Crippen LogP contribution in [0.2, 0.25) is 10.0 Å². The molecule has 3 rings (SSSR count). The summed E-state index contributed by atoms with van der Waals surface area (Å²) < 4.78 is 16.8. The Kier molecular flexibility index (Phi) is 8.69. The number of methoxy groups -OCH3 is 1. The summed E-state index contributed by atoms with van der Waals surface area (Å²) >= 11 is 16.2. The average Bonchev–Trinajstić information content (AvgIpc) is 3.02. The number of rotatable bonds is 8. The van der Waals surface area contributed by atoms with E-state index in [0.717, 1.165) is 22.2 Å². The number of esters is 1. The van der Waals surface area contributed by atoms with Crippen molar-refractivity contribution < 1.29 is 28.6 Å². The smallest absolute Gasteiger partial charge is 0.326 e. The topological polar surface area (TPSA) is 82.1 Å². The van der Waals surface area contributed by atoms with E-state index in [2.05, 4.69) is 15.9 Å². The molecule has 1 aliphatic heterocycles. The molecule has 1 aliphatic rings. The quantitative estimate of drug-likeness (QED) is 0.285. The summed E-state index contributed by atoms with van der Waals surface area (Å²) in [4.78, 5) is 37.5.